The third kappa shape index (κ3) is 4.08. The molecule has 0 radical (unpaired) electrons. The number of carbonyl (C=O) groups excluding carboxylic acids is 2. The summed E-state index contributed by atoms with van der Waals surface area (Å²) in [5.74, 6) is -2.22. The van der Waals surface area contributed by atoms with Crippen molar-refractivity contribution >= 4 is 23.0 Å². The zero-order chi connectivity index (χ0) is 21.0. The number of aromatic nitrogens is 2. The molecule has 0 aliphatic rings. The third-order valence-electron chi connectivity index (χ3n) is 4.04. The first kappa shape index (κ1) is 20.0. The van der Waals surface area contributed by atoms with Gasteiger partial charge in [-0.3, -0.25) is 0 Å². The van der Waals surface area contributed by atoms with Crippen LogP contribution in [-0.2, 0) is 16.1 Å². The van der Waals surface area contributed by atoms with E-state index < -0.39 is 30.1 Å². The first-order chi connectivity index (χ1) is 14.0. The van der Waals surface area contributed by atoms with E-state index in [1.54, 1.807) is 13.0 Å². The molecule has 0 spiro atoms. The number of methoxy groups -OCH3 is 1. The number of halogens is 1. The highest BCUT2D eigenvalue weighted by Crippen LogP contribution is 2.19. The normalized spacial score (nSPS) is 10.6. The highest BCUT2D eigenvalue weighted by Gasteiger charge is 2.29. The van der Waals surface area contributed by atoms with E-state index in [0.29, 0.717) is 10.5 Å². The van der Waals surface area contributed by atoms with Crippen LogP contribution in [0.25, 0.3) is 11.0 Å². The summed E-state index contributed by atoms with van der Waals surface area (Å²) in [5.41, 5.74) is -0.470. The van der Waals surface area contributed by atoms with Crippen molar-refractivity contribution in [1.29, 1.82) is 0 Å². The molecule has 150 valence electrons. The molecule has 0 aliphatic carbocycles. The van der Waals surface area contributed by atoms with Gasteiger partial charge in [-0.2, -0.15) is 4.73 Å². The number of fused-ring (bicyclic) bond motifs is 1. The van der Waals surface area contributed by atoms with Gasteiger partial charge in [-0.1, -0.05) is 12.1 Å². The fourth-order valence-corrected chi connectivity index (χ4v) is 2.66. The zero-order valence-electron chi connectivity index (χ0n) is 15.7. The van der Waals surface area contributed by atoms with Crippen LogP contribution in [0, 0.1) is 11.0 Å². The fourth-order valence-electron chi connectivity index (χ4n) is 2.66. The molecular formula is C20H17FN2O6. The Morgan fingerprint density at radius 2 is 1.90 bits per heavy atom. The van der Waals surface area contributed by atoms with Crippen LogP contribution in [0.5, 0.6) is 5.75 Å². The summed E-state index contributed by atoms with van der Waals surface area (Å²) >= 11 is 0. The highest BCUT2D eigenvalue weighted by atomic mass is 19.1. The van der Waals surface area contributed by atoms with Crippen molar-refractivity contribution in [2.75, 3.05) is 13.7 Å². The van der Waals surface area contributed by atoms with Gasteiger partial charge in [0.2, 0.25) is 5.52 Å². The summed E-state index contributed by atoms with van der Waals surface area (Å²) in [6.45, 7) is 1.09. The van der Waals surface area contributed by atoms with Crippen molar-refractivity contribution < 1.29 is 32.9 Å². The molecule has 3 aromatic rings. The van der Waals surface area contributed by atoms with Crippen LogP contribution in [0.1, 0.15) is 33.5 Å². The Hall–Kier alpha value is -3.75. The minimum Gasteiger partial charge on any atom is -0.618 e. The second kappa shape index (κ2) is 8.51. The Morgan fingerprint density at radius 1 is 1.14 bits per heavy atom. The Kier molecular flexibility index (Phi) is 5.87. The number of nitrogens with zero attached hydrogens (tertiary/aromatic N) is 2. The average Bonchev–Trinajstić information content (AvgIpc) is 2.72. The standard InChI is InChI=1S/C20H17FN2O6/c1-3-28-20(25)18-16(11-29-19(24)13-6-4-5-7-14(13)21)22-15-9-8-12(27-2)10-17(15)23(18)26/h4-10H,3,11H2,1-2H3. The first-order valence-corrected chi connectivity index (χ1v) is 8.65. The van der Waals surface area contributed by atoms with Crippen LogP contribution in [0.15, 0.2) is 42.5 Å². The van der Waals surface area contributed by atoms with E-state index in [2.05, 4.69) is 4.98 Å². The van der Waals surface area contributed by atoms with E-state index in [4.69, 9.17) is 14.2 Å². The summed E-state index contributed by atoms with van der Waals surface area (Å²) in [7, 11) is 1.44. The molecule has 3 rings (SSSR count). The Labute approximate surface area is 165 Å². The van der Waals surface area contributed by atoms with Crippen LogP contribution in [0.4, 0.5) is 4.39 Å². The van der Waals surface area contributed by atoms with E-state index in [1.807, 2.05) is 0 Å². The number of hydrogen-bond donors (Lipinski definition) is 0. The molecule has 1 heterocycles. The van der Waals surface area contributed by atoms with Gasteiger partial charge < -0.3 is 19.4 Å². The Morgan fingerprint density at radius 3 is 2.59 bits per heavy atom. The van der Waals surface area contributed by atoms with Crippen LogP contribution in [0.3, 0.4) is 0 Å². The minimum atomic E-state index is -0.952. The quantitative estimate of drug-likeness (QED) is 0.356. The number of benzene rings is 2. The number of rotatable bonds is 6. The van der Waals surface area contributed by atoms with Gasteiger partial charge >= 0.3 is 17.6 Å². The summed E-state index contributed by atoms with van der Waals surface area (Å²) in [6, 6.07) is 9.84. The molecule has 0 aliphatic heterocycles. The minimum absolute atomic E-state index is 0.0312. The average molecular weight is 400 g/mol. The number of carbonyl (C=O) groups is 2. The second-order valence-electron chi connectivity index (χ2n) is 5.83. The lowest BCUT2D eigenvalue weighted by atomic mass is 10.2. The van der Waals surface area contributed by atoms with Gasteiger partial charge in [0.05, 0.1) is 25.3 Å². The molecule has 0 bridgehead atoms. The van der Waals surface area contributed by atoms with Crippen LogP contribution in [0.2, 0.25) is 0 Å². The third-order valence-corrected chi connectivity index (χ3v) is 4.04. The van der Waals surface area contributed by atoms with Gasteiger partial charge in [-0.05, 0) is 31.2 Å². The van der Waals surface area contributed by atoms with Gasteiger partial charge in [-0.25, -0.2) is 19.0 Å². The second-order valence-corrected chi connectivity index (χ2v) is 5.83. The van der Waals surface area contributed by atoms with Crippen molar-refractivity contribution in [3.63, 3.8) is 0 Å². The fraction of sp³-hybridized carbons (Fsp3) is 0.200. The number of hydrogen-bond acceptors (Lipinski definition) is 7. The van der Waals surface area contributed by atoms with E-state index in [0.717, 1.165) is 6.07 Å². The largest absolute Gasteiger partial charge is 0.618 e. The van der Waals surface area contributed by atoms with Crippen molar-refractivity contribution in [1.82, 2.24) is 4.98 Å². The molecular weight excluding hydrogens is 383 g/mol. The Balaban J connectivity index is 2.01. The van der Waals surface area contributed by atoms with Crippen molar-refractivity contribution in [3.05, 3.63) is 70.4 Å². The summed E-state index contributed by atoms with van der Waals surface area (Å²) < 4.78 is 29.2. The predicted molar refractivity (Wildman–Crippen MR) is 98.7 cm³/mol. The molecule has 0 atom stereocenters. The maximum Gasteiger partial charge on any atom is 0.407 e. The van der Waals surface area contributed by atoms with Gasteiger partial charge in [-0.15, -0.1) is 0 Å². The smallest absolute Gasteiger partial charge is 0.407 e. The molecule has 0 saturated carbocycles. The van der Waals surface area contributed by atoms with Crippen LogP contribution >= 0.6 is 0 Å². The zero-order valence-corrected chi connectivity index (χ0v) is 15.7. The molecule has 0 unspecified atom stereocenters. The van der Waals surface area contributed by atoms with E-state index in [1.165, 1.54) is 37.4 Å². The highest BCUT2D eigenvalue weighted by molar-refractivity contribution is 5.90. The summed E-state index contributed by atoms with van der Waals surface area (Å²) in [6.07, 6.45) is 0. The molecule has 0 N–H and O–H groups in total. The Bertz CT molecular complexity index is 1090. The number of esters is 2. The topological polar surface area (TPSA) is 102 Å². The first-order valence-electron chi connectivity index (χ1n) is 8.65. The van der Waals surface area contributed by atoms with E-state index >= 15 is 0 Å². The molecule has 2 aromatic carbocycles. The van der Waals surface area contributed by atoms with Crippen molar-refractivity contribution in [3.8, 4) is 5.75 Å². The lowest BCUT2D eigenvalue weighted by molar-refractivity contribution is -0.581. The molecule has 0 saturated heterocycles. The molecule has 0 amide bonds. The van der Waals surface area contributed by atoms with E-state index in [9.17, 15) is 19.2 Å². The molecule has 1 aromatic heterocycles. The maximum atomic E-state index is 13.8. The van der Waals surface area contributed by atoms with Crippen LogP contribution < -0.4 is 9.47 Å². The molecule has 8 nitrogen and oxygen atoms in total. The summed E-state index contributed by atoms with van der Waals surface area (Å²) in [4.78, 5) is 28.8. The monoisotopic (exact) mass is 400 g/mol. The van der Waals surface area contributed by atoms with Crippen LogP contribution in [-0.4, -0.2) is 30.6 Å². The van der Waals surface area contributed by atoms with Crippen molar-refractivity contribution in [2.45, 2.75) is 13.5 Å². The molecule has 29 heavy (non-hydrogen) atoms. The number of ether oxygens (including phenoxy) is 3. The lowest BCUT2D eigenvalue weighted by Crippen LogP contribution is -2.39. The van der Waals surface area contributed by atoms with Gasteiger partial charge in [0.1, 0.15) is 23.7 Å². The SMILES string of the molecule is CCOC(=O)c1c(COC(=O)c2ccccc2F)nc2ccc(OC)cc2[n+]1[O-]. The lowest BCUT2D eigenvalue weighted by Gasteiger charge is -2.12. The van der Waals surface area contributed by atoms with Gasteiger partial charge in [0, 0.05) is 0 Å². The summed E-state index contributed by atoms with van der Waals surface area (Å²) in [5, 5.41) is 12.8. The molecule has 9 heteroatoms. The van der Waals surface area contributed by atoms with E-state index in [-0.39, 0.29) is 28.9 Å². The van der Waals surface area contributed by atoms with Gasteiger partial charge in [0.15, 0.2) is 5.69 Å². The maximum absolute atomic E-state index is 13.8. The van der Waals surface area contributed by atoms with Crippen molar-refractivity contribution in [2.24, 2.45) is 0 Å². The molecule has 0 fully saturated rings. The predicted octanol–water partition coefficient (Wildman–Crippen LogP) is 2.55. The van der Waals surface area contributed by atoms with Gasteiger partial charge in [0.25, 0.3) is 0 Å².